The van der Waals surface area contributed by atoms with Gasteiger partial charge in [0.15, 0.2) is 0 Å². The number of hydrogen-bond acceptors (Lipinski definition) is 7. The molecule has 1 aliphatic rings. The maximum atomic E-state index is 11.3. The van der Waals surface area contributed by atoms with Crippen LogP contribution < -0.4 is 5.32 Å². The Morgan fingerprint density at radius 3 is 2.66 bits per heavy atom. The molecular formula is C19H20N6O4. The van der Waals surface area contributed by atoms with E-state index in [9.17, 15) is 20.2 Å². The molecule has 0 spiro atoms. The second-order valence-electron chi connectivity index (χ2n) is 6.97. The second-order valence-corrected chi connectivity index (χ2v) is 6.97. The summed E-state index contributed by atoms with van der Waals surface area (Å²) in [4.78, 5) is 28.5. The predicted octanol–water partition coefficient (Wildman–Crippen LogP) is 2.61. The lowest BCUT2D eigenvalue weighted by molar-refractivity contribution is -0.385. The molecule has 0 amide bonds. The van der Waals surface area contributed by atoms with Crippen molar-refractivity contribution in [1.29, 1.82) is 0 Å². The first kappa shape index (κ1) is 19.0. The fourth-order valence-electron chi connectivity index (χ4n) is 3.61. The molecule has 0 saturated carbocycles. The summed E-state index contributed by atoms with van der Waals surface area (Å²) in [6, 6.07) is 9.34. The van der Waals surface area contributed by atoms with Crippen LogP contribution in [0, 0.1) is 20.2 Å². The summed E-state index contributed by atoms with van der Waals surface area (Å²) >= 11 is 0. The van der Waals surface area contributed by atoms with Crippen LogP contribution in [0.5, 0.6) is 0 Å². The van der Waals surface area contributed by atoms with Crippen molar-refractivity contribution in [3.8, 4) is 11.3 Å². The van der Waals surface area contributed by atoms with E-state index >= 15 is 0 Å². The summed E-state index contributed by atoms with van der Waals surface area (Å²) in [5.41, 5.74) is 2.53. The number of rotatable bonds is 5. The number of nitro groups is 2. The molecule has 1 aromatic carbocycles. The van der Waals surface area contributed by atoms with E-state index in [0.29, 0.717) is 23.4 Å². The number of fused-ring (bicyclic) bond motifs is 1. The SMILES string of the molecule is O=[N+]([O-])c1cccc(-c2nc3ccc([N+](=O)[O-])cn3c2CN2CCCNCC2)c1. The van der Waals surface area contributed by atoms with Crippen molar-refractivity contribution < 1.29 is 9.85 Å². The number of nitrogens with zero attached hydrogens (tertiary/aromatic N) is 5. The highest BCUT2D eigenvalue weighted by Crippen LogP contribution is 2.29. The van der Waals surface area contributed by atoms with Crippen LogP contribution in [-0.4, -0.2) is 50.3 Å². The number of pyridine rings is 1. The van der Waals surface area contributed by atoms with Crippen molar-refractivity contribution in [2.45, 2.75) is 13.0 Å². The molecule has 10 nitrogen and oxygen atoms in total. The monoisotopic (exact) mass is 396 g/mol. The highest BCUT2D eigenvalue weighted by Gasteiger charge is 2.21. The molecule has 3 aromatic rings. The van der Waals surface area contributed by atoms with Crippen molar-refractivity contribution in [3.05, 3.63) is 68.5 Å². The van der Waals surface area contributed by atoms with E-state index in [-0.39, 0.29) is 11.4 Å². The Bertz CT molecular complexity index is 1070. The third-order valence-corrected chi connectivity index (χ3v) is 5.05. The van der Waals surface area contributed by atoms with E-state index in [4.69, 9.17) is 0 Å². The first-order valence-corrected chi connectivity index (χ1v) is 9.36. The minimum atomic E-state index is -0.440. The standard InChI is InChI=1S/C19H20N6O4/c26-24(27)15-4-1-3-14(11-15)19-17(13-22-9-2-7-20-8-10-22)23-12-16(25(28)29)5-6-18(23)21-19/h1,3-6,11-12,20H,2,7-10,13H2. The fraction of sp³-hybridized carbons (Fsp3) is 0.316. The number of aromatic nitrogens is 2. The van der Waals surface area contributed by atoms with Gasteiger partial charge in [-0.25, -0.2) is 4.98 Å². The van der Waals surface area contributed by atoms with Crippen molar-refractivity contribution in [3.63, 3.8) is 0 Å². The van der Waals surface area contributed by atoms with Crippen LogP contribution in [0.4, 0.5) is 11.4 Å². The molecule has 10 heteroatoms. The summed E-state index contributed by atoms with van der Waals surface area (Å²) in [5.74, 6) is 0. The topological polar surface area (TPSA) is 119 Å². The molecule has 4 rings (SSSR count). The van der Waals surface area contributed by atoms with Crippen molar-refractivity contribution >= 4 is 17.0 Å². The van der Waals surface area contributed by atoms with E-state index in [2.05, 4.69) is 15.2 Å². The lowest BCUT2D eigenvalue weighted by Gasteiger charge is -2.20. The van der Waals surface area contributed by atoms with Crippen molar-refractivity contribution in [2.24, 2.45) is 0 Å². The zero-order valence-corrected chi connectivity index (χ0v) is 15.7. The molecule has 1 N–H and O–H groups in total. The van der Waals surface area contributed by atoms with Gasteiger partial charge >= 0.3 is 0 Å². The van der Waals surface area contributed by atoms with Crippen LogP contribution >= 0.6 is 0 Å². The van der Waals surface area contributed by atoms with Gasteiger partial charge in [0.25, 0.3) is 11.4 Å². The predicted molar refractivity (Wildman–Crippen MR) is 107 cm³/mol. The molecule has 1 fully saturated rings. The first-order valence-electron chi connectivity index (χ1n) is 9.36. The quantitative estimate of drug-likeness (QED) is 0.520. The number of nitrogens with one attached hydrogen (secondary N) is 1. The van der Waals surface area contributed by atoms with Gasteiger partial charge in [-0.3, -0.25) is 29.5 Å². The second kappa shape index (κ2) is 7.94. The maximum absolute atomic E-state index is 11.3. The van der Waals surface area contributed by atoms with Gasteiger partial charge in [-0.15, -0.1) is 0 Å². The van der Waals surface area contributed by atoms with E-state index in [0.717, 1.165) is 38.3 Å². The number of benzene rings is 1. The number of non-ortho nitro benzene ring substituents is 1. The summed E-state index contributed by atoms with van der Waals surface area (Å²) in [7, 11) is 0. The van der Waals surface area contributed by atoms with Crippen LogP contribution in [0.3, 0.4) is 0 Å². The van der Waals surface area contributed by atoms with Gasteiger partial charge in [0.05, 0.1) is 27.4 Å². The Balaban J connectivity index is 1.84. The lowest BCUT2D eigenvalue weighted by Crippen LogP contribution is -2.28. The smallest absolute Gasteiger partial charge is 0.286 e. The minimum absolute atomic E-state index is 0.0181. The van der Waals surface area contributed by atoms with Gasteiger partial charge in [0.2, 0.25) is 0 Å². The fourth-order valence-corrected chi connectivity index (χ4v) is 3.61. The molecule has 0 unspecified atom stereocenters. The Kier molecular flexibility index (Phi) is 5.19. The van der Waals surface area contributed by atoms with Crippen molar-refractivity contribution in [1.82, 2.24) is 19.6 Å². The van der Waals surface area contributed by atoms with Crippen LogP contribution in [0.2, 0.25) is 0 Å². The first-order chi connectivity index (χ1) is 14.0. The molecular weight excluding hydrogens is 376 g/mol. The Morgan fingerprint density at radius 2 is 1.86 bits per heavy atom. The number of imidazole rings is 1. The maximum Gasteiger partial charge on any atom is 0.286 e. The van der Waals surface area contributed by atoms with Gasteiger partial charge in [-0.1, -0.05) is 12.1 Å². The van der Waals surface area contributed by atoms with E-state index in [1.165, 1.54) is 24.4 Å². The molecule has 1 saturated heterocycles. The summed E-state index contributed by atoms with van der Waals surface area (Å²) in [6.45, 7) is 4.10. The molecule has 150 valence electrons. The molecule has 2 aromatic heterocycles. The van der Waals surface area contributed by atoms with Crippen LogP contribution in [0.1, 0.15) is 12.1 Å². The third kappa shape index (κ3) is 3.93. The lowest BCUT2D eigenvalue weighted by atomic mass is 10.1. The van der Waals surface area contributed by atoms with Crippen LogP contribution in [0.25, 0.3) is 16.9 Å². The molecule has 3 heterocycles. The third-order valence-electron chi connectivity index (χ3n) is 5.05. The Morgan fingerprint density at radius 1 is 1.03 bits per heavy atom. The van der Waals surface area contributed by atoms with Gasteiger partial charge in [-0.2, -0.15) is 0 Å². The molecule has 0 aliphatic carbocycles. The summed E-state index contributed by atoms with van der Waals surface area (Å²) in [6.07, 6.45) is 2.47. The van der Waals surface area contributed by atoms with E-state index in [1.807, 2.05) is 0 Å². The van der Waals surface area contributed by atoms with Crippen LogP contribution in [-0.2, 0) is 6.54 Å². The molecule has 0 atom stereocenters. The highest BCUT2D eigenvalue weighted by molar-refractivity contribution is 5.69. The Labute approximate surface area is 166 Å². The molecule has 29 heavy (non-hydrogen) atoms. The number of hydrogen-bond donors (Lipinski definition) is 1. The Hall–Kier alpha value is -3.37. The van der Waals surface area contributed by atoms with Crippen LogP contribution in [0.15, 0.2) is 42.6 Å². The van der Waals surface area contributed by atoms with Crippen molar-refractivity contribution in [2.75, 3.05) is 26.2 Å². The van der Waals surface area contributed by atoms with Gasteiger partial charge in [0, 0.05) is 43.4 Å². The highest BCUT2D eigenvalue weighted by atomic mass is 16.6. The zero-order valence-electron chi connectivity index (χ0n) is 15.7. The molecule has 0 bridgehead atoms. The van der Waals surface area contributed by atoms with Gasteiger partial charge in [0.1, 0.15) is 5.65 Å². The largest absolute Gasteiger partial charge is 0.315 e. The minimum Gasteiger partial charge on any atom is -0.315 e. The molecule has 0 radical (unpaired) electrons. The van der Waals surface area contributed by atoms with Gasteiger partial charge < -0.3 is 5.32 Å². The summed E-state index contributed by atoms with van der Waals surface area (Å²) in [5, 5.41) is 25.8. The number of nitro benzene ring substituents is 1. The normalized spacial score (nSPS) is 15.3. The van der Waals surface area contributed by atoms with Gasteiger partial charge in [-0.05, 0) is 25.6 Å². The molecule has 1 aliphatic heterocycles. The van der Waals surface area contributed by atoms with E-state index < -0.39 is 9.85 Å². The average molecular weight is 396 g/mol. The van der Waals surface area contributed by atoms with E-state index in [1.54, 1.807) is 22.6 Å². The summed E-state index contributed by atoms with van der Waals surface area (Å²) < 4.78 is 1.73. The zero-order chi connectivity index (χ0) is 20.4. The average Bonchev–Trinajstić information content (AvgIpc) is 2.87.